The van der Waals surface area contributed by atoms with Crippen LogP contribution in [0.3, 0.4) is 0 Å². The molecule has 2 atom stereocenters. The minimum Gasteiger partial charge on any atom is -0.454 e. The molecule has 44 heavy (non-hydrogen) atoms. The van der Waals surface area contributed by atoms with E-state index in [0.717, 1.165) is 33.3 Å². The first kappa shape index (κ1) is 25.0. The Kier molecular flexibility index (Phi) is 5.54. The van der Waals surface area contributed by atoms with Crippen LogP contribution < -0.4 is 5.32 Å². The molecule has 8 aromatic rings. The molecule has 0 bridgehead atoms. The van der Waals surface area contributed by atoms with E-state index in [1.807, 2.05) is 12.1 Å². The molecule has 0 saturated carbocycles. The van der Waals surface area contributed by atoms with Crippen LogP contribution in [0, 0.1) is 5.92 Å². The van der Waals surface area contributed by atoms with Gasteiger partial charge in [-0.1, -0.05) is 116 Å². The Bertz CT molecular complexity index is 2440. The molecule has 0 radical (unpaired) electrons. The molecule has 3 heteroatoms. The molecule has 0 aliphatic heterocycles. The maximum Gasteiger partial charge on any atom is 0.159 e. The highest BCUT2D eigenvalue weighted by atomic mass is 16.3. The number of nitrogens with zero attached hydrogens (tertiary/aromatic N) is 1. The van der Waals surface area contributed by atoms with E-state index >= 15 is 0 Å². The number of aromatic nitrogens is 1. The fourth-order valence-electron chi connectivity index (χ4n) is 7.19. The van der Waals surface area contributed by atoms with Crippen LogP contribution in [0.5, 0.6) is 0 Å². The molecule has 0 saturated heterocycles. The molecule has 1 aliphatic carbocycles. The van der Waals surface area contributed by atoms with Crippen molar-refractivity contribution in [2.24, 2.45) is 5.92 Å². The number of allylic oxidation sites excluding steroid dienone is 4. The number of rotatable bonds is 4. The first-order valence-corrected chi connectivity index (χ1v) is 15.3. The summed E-state index contributed by atoms with van der Waals surface area (Å²) in [6.45, 7) is 2.30. The summed E-state index contributed by atoms with van der Waals surface area (Å²) in [5, 5.41) is 11.0. The van der Waals surface area contributed by atoms with E-state index in [1.54, 1.807) is 0 Å². The van der Waals surface area contributed by atoms with Crippen LogP contribution in [0.1, 0.15) is 13.0 Å². The molecule has 0 fully saturated rings. The van der Waals surface area contributed by atoms with Crippen molar-refractivity contribution in [2.75, 3.05) is 5.32 Å². The smallest absolute Gasteiger partial charge is 0.159 e. The van der Waals surface area contributed by atoms with Gasteiger partial charge in [-0.2, -0.15) is 0 Å². The lowest BCUT2D eigenvalue weighted by Crippen LogP contribution is -2.15. The summed E-state index contributed by atoms with van der Waals surface area (Å²) in [5.41, 5.74) is 8.76. The zero-order valence-corrected chi connectivity index (χ0v) is 24.4. The van der Waals surface area contributed by atoms with Crippen LogP contribution in [-0.2, 0) is 0 Å². The lowest BCUT2D eigenvalue weighted by molar-refractivity contribution is 0.510. The Morgan fingerprint density at radius 3 is 2.23 bits per heavy atom. The molecular weight excluding hydrogens is 536 g/mol. The van der Waals surface area contributed by atoms with Crippen molar-refractivity contribution < 1.29 is 4.42 Å². The lowest BCUT2D eigenvalue weighted by Gasteiger charge is -2.24. The zero-order chi connectivity index (χ0) is 29.2. The Morgan fingerprint density at radius 2 is 1.36 bits per heavy atom. The summed E-state index contributed by atoms with van der Waals surface area (Å²) < 4.78 is 8.95. The number of nitrogens with one attached hydrogen (secondary N) is 1. The minimum atomic E-state index is 0.279. The summed E-state index contributed by atoms with van der Waals surface area (Å²) in [6, 6.07) is 43.6. The van der Waals surface area contributed by atoms with E-state index in [-0.39, 0.29) is 6.04 Å². The number of fused-ring (bicyclic) bond motifs is 8. The van der Waals surface area contributed by atoms with E-state index in [4.69, 9.17) is 4.42 Å². The molecule has 2 aromatic heterocycles. The van der Waals surface area contributed by atoms with Gasteiger partial charge in [0.15, 0.2) is 5.58 Å². The predicted octanol–water partition coefficient (Wildman–Crippen LogP) is 11.6. The van der Waals surface area contributed by atoms with Crippen molar-refractivity contribution >= 4 is 65.9 Å². The van der Waals surface area contributed by atoms with Crippen LogP contribution in [-0.4, -0.2) is 4.57 Å². The van der Waals surface area contributed by atoms with E-state index in [9.17, 15) is 0 Å². The Morgan fingerprint density at radius 1 is 0.636 bits per heavy atom. The van der Waals surface area contributed by atoms with E-state index < -0.39 is 0 Å². The summed E-state index contributed by atoms with van der Waals surface area (Å²) in [6.07, 6.45) is 8.97. The average Bonchev–Trinajstić information content (AvgIpc) is 3.63. The summed E-state index contributed by atoms with van der Waals surface area (Å²) in [7, 11) is 0. The van der Waals surface area contributed by atoms with Gasteiger partial charge < -0.3 is 14.3 Å². The van der Waals surface area contributed by atoms with Crippen LogP contribution in [0.4, 0.5) is 11.4 Å². The van der Waals surface area contributed by atoms with E-state index in [1.165, 1.54) is 43.7 Å². The summed E-state index contributed by atoms with van der Waals surface area (Å²) in [4.78, 5) is 0. The highest BCUT2D eigenvalue weighted by Crippen LogP contribution is 2.42. The van der Waals surface area contributed by atoms with Crippen molar-refractivity contribution in [3.05, 3.63) is 146 Å². The largest absolute Gasteiger partial charge is 0.454 e. The third kappa shape index (κ3) is 3.76. The average molecular weight is 567 g/mol. The number of anilines is 2. The SMILES string of the molecule is CC1C=CC=CC1n1c2ccccc2c2c(-c3ccc(Nc4cc5ccccc5c5c4oc4ccccc45)cc3)cccc21. The standard InChI is InChI=1S/C41H30N2O/c1-26-11-2-7-17-35(26)43-36-18-8-5-14-32(36)39-30(16-10-19-37(39)43)27-21-23-29(24-22-27)42-34-25-28-12-3-4-13-31(28)40-33-15-6-9-20-38(33)44-41(34)40/h2-26,35,42H,1H3. The highest BCUT2D eigenvalue weighted by Gasteiger charge is 2.23. The molecule has 9 rings (SSSR count). The van der Waals surface area contributed by atoms with Gasteiger partial charge in [0.25, 0.3) is 0 Å². The van der Waals surface area contributed by atoms with Crippen LogP contribution in [0.25, 0.3) is 65.6 Å². The van der Waals surface area contributed by atoms with Gasteiger partial charge in [-0.3, -0.25) is 0 Å². The molecule has 1 N–H and O–H groups in total. The van der Waals surface area contributed by atoms with Gasteiger partial charge in [0.1, 0.15) is 5.58 Å². The van der Waals surface area contributed by atoms with Crippen molar-refractivity contribution in [3.63, 3.8) is 0 Å². The highest BCUT2D eigenvalue weighted by molar-refractivity contribution is 6.22. The number of hydrogen-bond donors (Lipinski definition) is 1. The zero-order valence-electron chi connectivity index (χ0n) is 24.4. The van der Waals surface area contributed by atoms with Gasteiger partial charge >= 0.3 is 0 Å². The molecule has 0 spiro atoms. The summed E-state index contributed by atoms with van der Waals surface area (Å²) in [5.74, 6) is 0.418. The van der Waals surface area contributed by atoms with Crippen LogP contribution >= 0.6 is 0 Å². The van der Waals surface area contributed by atoms with Gasteiger partial charge in [-0.05, 0) is 64.2 Å². The van der Waals surface area contributed by atoms with E-state index in [0.29, 0.717) is 5.92 Å². The normalized spacial score (nSPS) is 16.6. The quantitative estimate of drug-likeness (QED) is 0.230. The maximum absolute atomic E-state index is 6.43. The second-order valence-corrected chi connectivity index (χ2v) is 11.9. The Hall–Kier alpha value is -5.54. The minimum absolute atomic E-state index is 0.279. The number of furan rings is 1. The first-order valence-electron chi connectivity index (χ1n) is 15.3. The number of para-hydroxylation sites is 2. The third-order valence-corrected chi connectivity index (χ3v) is 9.25. The molecule has 2 heterocycles. The monoisotopic (exact) mass is 566 g/mol. The van der Waals surface area contributed by atoms with Crippen molar-refractivity contribution in [1.29, 1.82) is 0 Å². The van der Waals surface area contributed by atoms with Crippen molar-refractivity contribution in [2.45, 2.75) is 13.0 Å². The van der Waals surface area contributed by atoms with Gasteiger partial charge in [-0.25, -0.2) is 0 Å². The predicted molar refractivity (Wildman–Crippen MR) is 186 cm³/mol. The maximum atomic E-state index is 6.43. The topological polar surface area (TPSA) is 30.1 Å². The molecule has 210 valence electrons. The van der Waals surface area contributed by atoms with Gasteiger partial charge in [-0.15, -0.1) is 0 Å². The van der Waals surface area contributed by atoms with Crippen molar-refractivity contribution in [1.82, 2.24) is 4.57 Å². The van der Waals surface area contributed by atoms with Crippen LogP contribution in [0.2, 0.25) is 0 Å². The van der Waals surface area contributed by atoms with Gasteiger partial charge in [0.05, 0.1) is 17.2 Å². The molecule has 2 unspecified atom stereocenters. The number of hydrogen-bond acceptors (Lipinski definition) is 2. The fraction of sp³-hybridized carbons (Fsp3) is 0.0732. The van der Waals surface area contributed by atoms with Crippen LogP contribution in [0.15, 0.2) is 150 Å². The van der Waals surface area contributed by atoms with Gasteiger partial charge in [0, 0.05) is 32.7 Å². The van der Waals surface area contributed by atoms with Gasteiger partial charge in [0.2, 0.25) is 0 Å². The Balaban J connectivity index is 1.15. The molecule has 3 nitrogen and oxygen atoms in total. The molecule has 0 amide bonds. The first-order chi connectivity index (χ1) is 21.7. The third-order valence-electron chi connectivity index (χ3n) is 9.25. The molecular formula is C41H30N2O. The van der Waals surface area contributed by atoms with E-state index in [2.05, 4.69) is 150 Å². The number of benzene rings is 6. The summed E-state index contributed by atoms with van der Waals surface area (Å²) >= 11 is 0. The second-order valence-electron chi connectivity index (χ2n) is 11.9. The Labute approximate surface area is 255 Å². The molecule has 6 aromatic carbocycles. The van der Waals surface area contributed by atoms with Crippen molar-refractivity contribution in [3.8, 4) is 11.1 Å². The molecule has 1 aliphatic rings. The lowest BCUT2D eigenvalue weighted by atomic mass is 9.96. The fourth-order valence-corrected chi connectivity index (χ4v) is 7.19. The second kappa shape index (κ2) is 9.75.